The van der Waals surface area contributed by atoms with Crippen LogP contribution in [0.3, 0.4) is 0 Å². The largest absolute Gasteiger partial charge is 0.497 e. The van der Waals surface area contributed by atoms with Crippen LogP contribution in [0.1, 0.15) is 37.7 Å². The van der Waals surface area contributed by atoms with Crippen molar-refractivity contribution >= 4 is 15.9 Å². The van der Waals surface area contributed by atoms with E-state index in [-0.39, 0.29) is 0 Å². The van der Waals surface area contributed by atoms with E-state index in [9.17, 15) is 0 Å². The van der Waals surface area contributed by atoms with E-state index in [2.05, 4.69) is 40.0 Å². The molecule has 1 aromatic carbocycles. The van der Waals surface area contributed by atoms with Gasteiger partial charge in [0.1, 0.15) is 5.75 Å². The molecule has 0 aliphatic heterocycles. The number of hydrogen-bond acceptors (Lipinski definition) is 2. The lowest BCUT2D eigenvalue weighted by Gasteiger charge is -2.31. The fourth-order valence-corrected chi connectivity index (χ4v) is 3.09. The lowest BCUT2D eigenvalue weighted by molar-refractivity contribution is 0.184. The molecule has 0 N–H and O–H groups in total. The van der Waals surface area contributed by atoms with Crippen LogP contribution in [0.2, 0.25) is 0 Å². The first kappa shape index (κ1) is 13.9. The van der Waals surface area contributed by atoms with Crippen molar-refractivity contribution in [2.75, 3.05) is 14.2 Å². The van der Waals surface area contributed by atoms with Gasteiger partial charge in [-0.15, -0.1) is 0 Å². The molecular formula is C15H22BrNO. The Morgan fingerprint density at radius 3 is 2.67 bits per heavy atom. The highest BCUT2D eigenvalue weighted by molar-refractivity contribution is 9.10. The molecule has 0 saturated heterocycles. The predicted octanol–water partition coefficient (Wildman–Crippen LogP) is 4.22. The number of benzene rings is 1. The van der Waals surface area contributed by atoms with Gasteiger partial charge < -0.3 is 4.74 Å². The van der Waals surface area contributed by atoms with Crippen molar-refractivity contribution in [1.82, 2.24) is 4.90 Å². The number of halogens is 1. The molecule has 100 valence electrons. The predicted molar refractivity (Wildman–Crippen MR) is 79.0 cm³/mol. The molecule has 0 heterocycles. The van der Waals surface area contributed by atoms with Gasteiger partial charge >= 0.3 is 0 Å². The minimum absolute atomic E-state index is 0.747. The molecule has 1 aliphatic carbocycles. The Labute approximate surface area is 118 Å². The number of methoxy groups -OCH3 is 1. The summed E-state index contributed by atoms with van der Waals surface area (Å²) >= 11 is 3.63. The minimum atomic E-state index is 0.747. The number of ether oxygens (including phenoxy) is 1. The highest BCUT2D eigenvalue weighted by Crippen LogP contribution is 2.27. The summed E-state index contributed by atoms with van der Waals surface area (Å²) in [5, 5.41) is 0. The standard InChI is InChI=1S/C15H22BrNO/c1-17(13-6-4-3-5-7-13)11-12-10-14(18-2)8-9-15(12)16/h8-10,13H,3-7,11H2,1-2H3. The smallest absolute Gasteiger partial charge is 0.119 e. The van der Waals surface area contributed by atoms with Crippen LogP contribution in [0, 0.1) is 0 Å². The van der Waals surface area contributed by atoms with Gasteiger partial charge in [0, 0.05) is 17.1 Å². The molecule has 1 saturated carbocycles. The first-order valence-corrected chi connectivity index (χ1v) is 7.52. The van der Waals surface area contributed by atoms with Gasteiger partial charge in [-0.25, -0.2) is 0 Å². The molecule has 0 bridgehead atoms. The minimum Gasteiger partial charge on any atom is -0.497 e. The maximum atomic E-state index is 5.30. The quantitative estimate of drug-likeness (QED) is 0.825. The molecule has 0 spiro atoms. The average Bonchev–Trinajstić information content (AvgIpc) is 2.42. The molecule has 0 unspecified atom stereocenters. The van der Waals surface area contributed by atoms with Gasteiger partial charge in [0.15, 0.2) is 0 Å². The van der Waals surface area contributed by atoms with E-state index < -0.39 is 0 Å². The van der Waals surface area contributed by atoms with Crippen molar-refractivity contribution in [2.24, 2.45) is 0 Å². The van der Waals surface area contributed by atoms with Gasteiger partial charge in [0.25, 0.3) is 0 Å². The van der Waals surface area contributed by atoms with Crippen molar-refractivity contribution in [3.8, 4) is 5.75 Å². The Bertz CT molecular complexity index is 388. The van der Waals surface area contributed by atoms with Crippen LogP contribution in [0.25, 0.3) is 0 Å². The summed E-state index contributed by atoms with van der Waals surface area (Å²) in [4.78, 5) is 2.48. The summed E-state index contributed by atoms with van der Waals surface area (Å²) in [7, 11) is 3.96. The summed E-state index contributed by atoms with van der Waals surface area (Å²) in [5.74, 6) is 0.935. The molecular weight excluding hydrogens is 290 g/mol. The van der Waals surface area contributed by atoms with Gasteiger partial charge in [-0.3, -0.25) is 4.90 Å². The van der Waals surface area contributed by atoms with E-state index in [1.54, 1.807) is 7.11 Å². The highest BCUT2D eigenvalue weighted by atomic mass is 79.9. The normalized spacial score (nSPS) is 17.1. The first-order chi connectivity index (χ1) is 8.70. The SMILES string of the molecule is COc1ccc(Br)c(CN(C)C2CCCCC2)c1. The zero-order chi connectivity index (χ0) is 13.0. The molecule has 18 heavy (non-hydrogen) atoms. The van der Waals surface area contributed by atoms with Crippen LogP contribution in [0.15, 0.2) is 22.7 Å². The third-order valence-electron chi connectivity index (χ3n) is 3.87. The second kappa shape index (κ2) is 6.58. The van der Waals surface area contributed by atoms with Crippen LogP contribution >= 0.6 is 15.9 Å². The topological polar surface area (TPSA) is 12.5 Å². The van der Waals surface area contributed by atoms with Crippen molar-refractivity contribution < 1.29 is 4.74 Å². The molecule has 2 nitrogen and oxygen atoms in total. The summed E-state index contributed by atoms with van der Waals surface area (Å²) in [6.07, 6.45) is 6.87. The van der Waals surface area contributed by atoms with Gasteiger partial charge in [-0.05, 0) is 43.7 Å². The molecule has 3 heteroatoms. The zero-order valence-electron chi connectivity index (χ0n) is 11.3. The molecule has 0 radical (unpaired) electrons. The Kier molecular flexibility index (Phi) is 5.07. The summed E-state index contributed by atoms with van der Waals surface area (Å²) in [6, 6.07) is 6.94. The third kappa shape index (κ3) is 3.48. The van der Waals surface area contributed by atoms with E-state index in [4.69, 9.17) is 4.74 Å². The average molecular weight is 312 g/mol. The van der Waals surface area contributed by atoms with Gasteiger partial charge in [-0.1, -0.05) is 35.2 Å². The molecule has 0 amide bonds. The van der Waals surface area contributed by atoms with E-state index in [0.29, 0.717) is 0 Å². The van der Waals surface area contributed by atoms with Gasteiger partial charge in [0.05, 0.1) is 7.11 Å². The molecule has 1 fully saturated rings. The number of rotatable bonds is 4. The van der Waals surface area contributed by atoms with Crippen LogP contribution in [-0.4, -0.2) is 25.1 Å². The van der Waals surface area contributed by atoms with E-state index in [1.807, 2.05) is 6.07 Å². The van der Waals surface area contributed by atoms with E-state index in [1.165, 1.54) is 42.1 Å². The van der Waals surface area contributed by atoms with Crippen LogP contribution < -0.4 is 4.74 Å². The second-order valence-corrected chi connectivity index (χ2v) is 6.02. The first-order valence-electron chi connectivity index (χ1n) is 6.73. The van der Waals surface area contributed by atoms with Crippen molar-refractivity contribution in [1.29, 1.82) is 0 Å². The van der Waals surface area contributed by atoms with Crippen LogP contribution in [0.5, 0.6) is 5.75 Å². The van der Waals surface area contributed by atoms with Crippen molar-refractivity contribution in [2.45, 2.75) is 44.7 Å². The fraction of sp³-hybridized carbons (Fsp3) is 0.600. The molecule has 1 aliphatic rings. The van der Waals surface area contributed by atoms with E-state index in [0.717, 1.165) is 18.3 Å². The maximum Gasteiger partial charge on any atom is 0.119 e. The lowest BCUT2D eigenvalue weighted by Crippen LogP contribution is -2.32. The fourth-order valence-electron chi connectivity index (χ4n) is 2.72. The second-order valence-electron chi connectivity index (χ2n) is 5.16. The van der Waals surface area contributed by atoms with Crippen LogP contribution in [0.4, 0.5) is 0 Å². The van der Waals surface area contributed by atoms with Crippen molar-refractivity contribution in [3.05, 3.63) is 28.2 Å². The summed E-state index contributed by atoms with van der Waals surface area (Å²) in [6.45, 7) is 0.989. The van der Waals surface area contributed by atoms with E-state index >= 15 is 0 Å². The Morgan fingerprint density at radius 2 is 2.00 bits per heavy atom. The molecule has 1 aromatic rings. The lowest BCUT2D eigenvalue weighted by atomic mass is 9.94. The monoisotopic (exact) mass is 311 g/mol. The maximum absolute atomic E-state index is 5.30. The van der Waals surface area contributed by atoms with Gasteiger partial charge in [-0.2, -0.15) is 0 Å². The Morgan fingerprint density at radius 1 is 1.28 bits per heavy atom. The Balaban J connectivity index is 2.03. The molecule has 2 rings (SSSR count). The number of nitrogens with zero attached hydrogens (tertiary/aromatic N) is 1. The third-order valence-corrected chi connectivity index (χ3v) is 4.64. The van der Waals surface area contributed by atoms with Gasteiger partial charge in [0.2, 0.25) is 0 Å². The zero-order valence-corrected chi connectivity index (χ0v) is 12.9. The highest BCUT2D eigenvalue weighted by Gasteiger charge is 2.18. The van der Waals surface area contributed by atoms with Crippen LogP contribution in [-0.2, 0) is 6.54 Å². The number of hydrogen-bond donors (Lipinski definition) is 0. The van der Waals surface area contributed by atoms with Crippen molar-refractivity contribution in [3.63, 3.8) is 0 Å². The summed E-state index contributed by atoms with van der Waals surface area (Å²) in [5.41, 5.74) is 1.31. The molecule has 0 atom stereocenters. The summed E-state index contributed by atoms with van der Waals surface area (Å²) < 4.78 is 6.47. The Hall–Kier alpha value is -0.540. The molecule has 0 aromatic heterocycles.